The van der Waals surface area contributed by atoms with Crippen molar-refractivity contribution in [3.05, 3.63) is 28.8 Å². The highest BCUT2D eigenvalue weighted by Crippen LogP contribution is 2.66. The summed E-state index contributed by atoms with van der Waals surface area (Å²) in [5.41, 5.74) is 0.377. The molecular weight excluding hydrogens is 371 g/mol. The summed E-state index contributed by atoms with van der Waals surface area (Å²) in [4.78, 5) is 12.0. The Balaban J connectivity index is 2.12. The molecule has 1 aromatic rings. The summed E-state index contributed by atoms with van der Waals surface area (Å²) in [6.07, 6.45) is 0.714. The minimum absolute atomic E-state index is 0.243. The third-order valence-corrected chi connectivity index (χ3v) is 5.78. The first kappa shape index (κ1) is 13.4. The molecular formula is C12H11Br2ClO2. The van der Waals surface area contributed by atoms with Crippen LogP contribution in [-0.2, 0) is 4.79 Å². The molecule has 0 aromatic heterocycles. The van der Waals surface area contributed by atoms with Crippen molar-refractivity contribution in [1.82, 2.24) is 0 Å². The maximum atomic E-state index is 12.0. The zero-order valence-electron chi connectivity index (χ0n) is 9.39. The van der Waals surface area contributed by atoms with Crippen LogP contribution in [0.4, 0.5) is 0 Å². The minimum Gasteiger partial charge on any atom is -0.426 e. The number of ether oxygens (including phenoxy) is 1. The third-order valence-electron chi connectivity index (χ3n) is 3.05. The highest BCUT2D eigenvalue weighted by atomic mass is 79.9. The molecule has 0 radical (unpaired) electrons. The number of esters is 1. The van der Waals surface area contributed by atoms with E-state index in [2.05, 4.69) is 31.9 Å². The fourth-order valence-corrected chi connectivity index (χ4v) is 3.08. The molecule has 0 heterocycles. The number of carbonyl (C=O) groups excluding carboxylic acids is 1. The fraction of sp³-hybridized carbons (Fsp3) is 0.417. The predicted octanol–water partition coefficient (Wildman–Crippen LogP) is 4.45. The summed E-state index contributed by atoms with van der Waals surface area (Å²) in [7, 11) is 0. The van der Waals surface area contributed by atoms with Crippen molar-refractivity contribution >= 4 is 49.4 Å². The van der Waals surface area contributed by atoms with E-state index >= 15 is 0 Å². The molecule has 1 aromatic carbocycles. The highest BCUT2D eigenvalue weighted by Gasteiger charge is 2.68. The number of halogens is 3. The van der Waals surface area contributed by atoms with Gasteiger partial charge in [0, 0.05) is 5.02 Å². The van der Waals surface area contributed by atoms with Gasteiger partial charge in [-0.05, 0) is 44.0 Å². The van der Waals surface area contributed by atoms with Gasteiger partial charge in [0.1, 0.15) is 5.75 Å². The van der Waals surface area contributed by atoms with Crippen molar-refractivity contribution < 1.29 is 9.53 Å². The second-order valence-corrected chi connectivity index (χ2v) is 8.69. The van der Waals surface area contributed by atoms with Crippen molar-refractivity contribution in [2.45, 2.75) is 23.5 Å². The molecule has 0 aliphatic heterocycles. The van der Waals surface area contributed by atoms with Gasteiger partial charge in [0.05, 0.1) is 8.65 Å². The van der Waals surface area contributed by atoms with Gasteiger partial charge in [0.15, 0.2) is 0 Å². The Labute approximate surface area is 122 Å². The van der Waals surface area contributed by atoms with E-state index in [1.807, 2.05) is 13.8 Å². The first-order valence-corrected chi connectivity index (χ1v) is 7.09. The lowest BCUT2D eigenvalue weighted by molar-refractivity contribution is -0.139. The lowest BCUT2D eigenvalue weighted by atomic mass is 10.1. The smallest absolute Gasteiger partial charge is 0.319 e. The van der Waals surface area contributed by atoms with Crippen molar-refractivity contribution in [2.75, 3.05) is 0 Å². The normalized spacial score (nSPS) is 25.5. The molecule has 0 amide bonds. The number of benzene rings is 1. The van der Waals surface area contributed by atoms with E-state index in [4.69, 9.17) is 16.3 Å². The van der Waals surface area contributed by atoms with Crippen LogP contribution in [0, 0.1) is 12.3 Å². The van der Waals surface area contributed by atoms with Crippen LogP contribution in [0.15, 0.2) is 18.2 Å². The molecule has 2 nitrogen and oxygen atoms in total. The van der Waals surface area contributed by atoms with E-state index in [0.29, 0.717) is 17.2 Å². The molecule has 2 rings (SSSR count). The molecule has 0 bridgehead atoms. The van der Waals surface area contributed by atoms with E-state index in [-0.39, 0.29) is 9.20 Å². The monoisotopic (exact) mass is 380 g/mol. The van der Waals surface area contributed by atoms with E-state index in [1.165, 1.54) is 0 Å². The van der Waals surface area contributed by atoms with Crippen LogP contribution >= 0.6 is 43.5 Å². The Morgan fingerprint density at radius 3 is 2.53 bits per heavy atom. The lowest BCUT2D eigenvalue weighted by Gasteiger charge is -2.12. The van der Waals surface area contributed by atoms with E-state index < -0.39 is 5.41 Å². The summed E-state index contributed by atoms with van der Waals surface area (Å²) in [5.74, 6) is 0.286. The predicted molar refractivity (Wildman–Crippen MR) is 75.1 cm³/mol. The molecule has 5 heteroatoms. The molecule has 92 valence electrons. The first-order chi connectivity index (χ1) is 7.76. The zero-order valence-corrected chi connectivity index (χ0v) is 13.3. The minimum atomic E-state index is -0.513. The molecule has 0 N–H and O–H groups in total. The van der Waals surface area contributed by atoms with Crippen LogP contribution in [0.3, 0.4) is 0 Å². The zero-order chi connectivity index (χ0) is 12.8. The second kappa shape index (κ2) is 4.25. The lowest BCUT2D eigenvalue weighted by Crippen LogP contribution is -2.23. The number of aryl methyl sites for hydroxylation is 1. The van der Waals surface area contributed by atoms with Crippen LogP contribution in [0.5, 0.6) is 5.75 Å². The molecule has 1 fully saturated rings. The summed E-state index contributed by atoms with van der Waals surface area (Å²) in [5, 5.41) is 0.665. The maximum absolute atomic E-state index is 12.0. The fourth-order valence-electron chi connectivity index (χ4n) is 1.52. The summed E-state index contributed by atoms with van der Waals surface area (Å²) < 4.78 is 5.03. The van der Waals surface area contributed by atoms with Gasteiger partial charge in [-0.3, -0.25) is 4.79 Å². The van der Waals surface area contributed by atoms with Gasteiger partial charge in [-0.1, -0.05) is 43.5 Å². The summed E-state index contributed by atoms with van der Waals surface area (Å²) >= 11 is 12.8. The topological polar surface area (TPSA) is 26.3 Å². The van der Waals surface area contributed by atoms with Crippen LogP contribution < -0.4 is 4.74 Å². The molecule has 0 unspecified atom stereocenters. The Hall–Kier alpha value is -0.0600. The van der Waals surface area contributed by atoms with Gasteiger partial charge in [0.2, 0.25) is 0 Å². The van der Waals surface area contributed by atoms with E-state index in [9.17, 15) is 4.79 Å². The van der Waals surface area contributed by atoms with Gasteiger partial charge in [0.25, 0.3) is 0 Å². The number of hydrogen-bond donors (Lipinski definition) is 0. The molecule has 1 aliphatic rings. The summed E-state index contributed by atoms with van der Waals surface area (Å²) in [6.45, 7) is 3.74. The van der Waals surface area contributed by atoms with E-state index in [0.717, 1.165) is 5.56 Å². The Morgan fingerprint density at radius 1 is 1.47 bits per heavy atom. The number of hydrogen-bond acceptors (Lipinski definition) is 2. The number of carbonyl (C=O) groups is 1. The third kappa shape index (κ3) is 2.40. The SMILES string of the molecule is Cc1cc(OC(=O)[C@@]2(C)CC2(Br)Br)ccc1Cl. The molecule has 0 saturated heterocycles. The molecule has 0 spiro atoms. The van der Waals surface area contributed by atoms with Gasteiger partial charge >= 0.3 is 5.97 Å². The molecule has 1 atom stereocenters. The highest BCUT2D eigenvalue weighted by molar-refractivity contribution is 9.25. The van der Waals surface area contributed by atoms with Gasteiger partial charge in [-0.25, -0.2) is 0 Å². The van der Waals surface area contributed by atoms with Crippen molar-refractivity contribution in [3.8, 4) is 5.75 Å². The Morgan fingerprint density at radius 2 is 2.06 bits per heavy atom. The Kier molecular flexibility index (Phi) is 3.34. The van der Waals surface area contributed by atoms with Crippen LogP contribution in [-0.4, -0.2) is 9.20 Å². The molecule has 1 saturated carbocycles. The Bertz CT molecular complexity index is 487. The van der Waals surface area contributed by atoms with Gasteiger partial charge < -0.3 is 4.74 Å². The van der Waals surface area contributed by atoms with Crippen molar-refractivity contribution in [1.29, 1.82) is 0 Å². The van der Waals surface area contributed by atoms with Crippen LogP contribution in [0.25, 0.3) is 0 Å². The average Bonchev–Trinajstić information content (AvgIpc) is 2.74. The standard InChI is InChI=1S/C12H11Br2ClO2/c1-7-5-8(3-4-9(7)15)17-10(16)11(2)6-12(11,13)14/h3-5H,6H2,1-2H3/t11-/m1/s1. The number of rotatable bonds is 2. The largest absolute Gasteiger partial charge is 0.426 e. The molecule has 1 aliphatic carbocycles. The van der Waals surface area contributed by atoms with Crippen molar-refractivity contribution in [2.24, 2.45) is 5.41 Å². The molecule has 17 heavy (non-hydrogen) atoms. The maximum Gasteiger partial charge on any atom is 0.319 e. The quantitative estimate of drug-likeness (QED) is 0.429. The van der Waals surface area contributed by atoms with Gasteiger partial charge in [-0.2, -0.15) is 0 Å². The van der Waals surface area contributed by atoms with Crippen LogP contribution in [0.1, 0.15) is 18.9 Å². The average molecular weight is 382 g/mol. The van der Waals surface area contributed by atoms with Crippen molar-refractivity contribution in [3.63, 3.8) is 0 Å². The van der Waals surface area contributed by atoms with Crippen LogP contribution in [0.2, 0.25) is 5.02 Å². The second-order valence-electron chi connectivity index (χ2n) is 4.51. The number of alkyl halides is 2. The van der Waals surface area contributed by atoms with E-state index in [1.54, 1.807) is 18.2 Å². The summed E-state index contributed by atoms with van der Waals surface area (Å²) in [6, 6.07) is 5.18. The first-order valence-electron chi connectivity index (χ1n) is 5.12. The van der Waals surface area contributed by atoms with Gasteiger partial charge in [-0.15, -0.1) is 0 Å².